The smallest absolute Gasteiger partial charge is 0.229 e. The van der Waals surface area contributed by atoms with Gasteiger partial charge in [0.2, 0.25) is 11.9 Å². The Balaban J connectivity index is 1.91. The number of hydrogen-bond donors (Lipinski definition) is 1. The zero-order chi connectivity index (χ0) is 18.8. The topological polar surface area (TPSA) is 85.8 Å². The Bertz CT molecular complexity index is 920. The number of nitrogens with zero attached hydrogens (tertiary/aromatic N) is 6. The molecule has 26 heavy (non-hydrogen) atoms. The van der Waals surface area contributed by atoms with Gasteiger partial charge in [-0.05, 0) is 38.0 Å². The summed E-state index contributed by atoms with van der Waals surface area (Å²) in [4.78, 5) is 19.3. The summed E-state index contributed by atoms with van der Waals surface area (Å²) < 4.78 is 2.10. The number of nitrogen functional groups attached to an aromatic ring is 1. The van der Waals surface area contributed by atoms with Gasteiger partial charge in [0.1, 0.15) is 5.82 Å². The fourth-order valence-electron chi connectivity index (χ4n) is 2.55. The van der Waals surface area contributed by atoms with E-state index in [9.17, 15) is 0 Å². The van der Waals surface area contributed by atoms with Gasteiger partial charge in [-0.15, -0.1) is 0 Å². The highest BCUT2D eigenvalue weighted by Gasteiger charge is 2.18. The van der Waals surface area contributed by atoms with E-state index in [2.05, 4.69) is 56.5 Å². The Morgan fingerprint density at radius 3 is 2.65 bits per heavy atom. The van der Waals surface area contributed by atoms with Crippen LogP contribution in [-0.4, -0.2) is 38.6 Å². The molecule has 0 unspecified atom stereocenters. The lowest BCUT2D eigenvalue weighted by Gasteiger charge is -2.16. The van der Waals surface area contributed by atoms with Crippen molar-refractivity contribution in [2.24, 2.45) is 0 Å². The monoisotopic (exact) mass is 369 g/mol. The standard InChI is InChI=1S/C18H23N7S/c1-11-7-6-8-14(12(11)2)25-10-9-20-18(25)26-13(3)15-21-16(19)23-17(22-15)24(4)5/h6-10,13H,1-5H3,(H2,19,21,22,23)/t13-/m0/s1. The summed E-state index contributed by atoms with van der Waals surface area (Å²) in [5, 5.41) is 0.863. The summed E-state index contributed by atoms with van der Waals surface area (Å²) in [6.45, 7) is 6.28. The molecule has 2 heterocycles. The SMILES string of the molecule is Cc1cccc(-n2ccnc2S[C@@H](C)c2nc(N)nc(N(C)C)n2)c1C. The molecule has 0 bridgehead atoms. The Kier molecular flexibility index (Phi) is 5.13. The fourth-order valence-corrected chi connectivity index (χ4v) is 3.47. The van der Waals surface area contributed by atoms with Gasteiger partial charge in [0, 0.05) is 26.5 Å². The van der Waals surface area contributed by atoms with Crippen molar-refractivity contribution in [1.82, 2.24) is 24.5 Å². The maximum absolute atomic E-state index is 5.85. The molecule has 0 amide bonds. The average molecular weight is 369 g/mol. The molecule has 2 N–H and O–H groups in total. The first-order chi connectivity index (χ1) is 12.4. The third-order valence-corrected chi connectivity index (χ3v) is 5.22. The van der Waals surface area contributed by atoms with Gasteiger partial charge in [0.25, 0.3) is 0 Å². The van der Waals surface area contributed by atoms with E-state index in [1.807, 2.05) is 38.3 Å². The summed E-state index contributed by atoms with van der Waals surface area (Å²) >= 11 is 1.59. The van der Waals surface area contributed by atoms with Crippen LogP contribution in [0.5, 0.6) is 0 Å². The molecule has 0 fully saturated rings. The number of aromatic nitrogens is 5. The normalized spacial score (nSPS) is 12.2. The highest BCUT2D eigenvalue weighted by atomic mass is 32.2. The number of benzene rings is 1. The number of imidazole rings is 1. The van der Waals surface area contributed by atoms with E-state index in [4.69, 9.17) is 5.73 Å². The highest BCUT2D eigenvalue weighted by molar-refractivity contribution is 7.99. The van der Waals surface area contributed by atoms with Gasteiger partial charge in [-0.3, -0.25) is 4.57 Å². The maximum Gasteiger partial charge on any atom is 0.229 e. The minimum atomic E-state index is -0.0229. The molecule has 3 aromatic rings. The summed E-state index contributed by atoms with van der Waals surface area (Å²) in [6.07, 6.45) is 3.79. The largest absolute Gasteiger partial charge is 0.368 e. The van der Waals surface area contributed by atoms with Crippen LogP contribution in [0, 0.1) is 13.8 Å². The Morgan fingerprint density at radius 2 is 1.92 bits per heavy atom. The van der Waals surface area contributed by atoms with Crippen LogP contribution < -0.4 is 10.6 Å². The lowest BCUT2D eigenvalue weighted by molar-refractivity contribution is 0.844. The lowest BCUT2D eigenvalue weighted by atomic mass is 10.1. The van der Waals surface area contributed by atoms with Crippen molar-refractivity contribution in [1.29, 1.82) is 0 Å². The molecule has 3 rings (SSSR count). The molecule has 0 aliphatic carbocycles. The molecule has 0 saturated carbocycles. The van der Waals surface area contributed by atoms with Gasteiger partial charge < -0.3 is 10.6 Å². The summed E-state index contributed by atoms with van der Waals surface area (Å²) in [5.41, 5.74) is 9.46. The molecule has 2 aromatic heterocycles. The van der Waals surface area contributed by atoms with Gasteiger partial charge in [-0.2, -0.15) is 15.0 Å². The van der Waals surface area contributed by atoms with Crippen molar-refractivity contribution in [3.63, 3.8) is 0 Å². The van der Waals surface area contributed by atoms with Gasteiger partial charge >= 0.3 is 0 Å². The van der Waals surface area contributed by atoms with Crippen molar-refractivity contribution in [3.05, 3.63) is 47.5 Å². The zero-order valence-corrected chi connectivity index (χ0v) is 16.4. The third-order valence-electron chi connectivity index (χ3n) is 4.15. The van der Waals surface area contributed by atoms with Crippen LogP contribution in [0.3, 0.4) is 0 Å². The van der Waals surface area contributed by atoms with Crippen molar-refractivity contribution >= 4 is 23.7 Å². The first-order valence-electron chi connectivity index (χ1n) is 8.32. The van der Waals surface area contributed by atoms with E-state index in [0.29, 0.717) is 11.8 Å². The van der Waals surface area contributed by atoms with Gasteiger partial charge in [0.05, 0.1) is 10.9 Å². The van der Waals surface area contributed by atoms with E-state index in [-0.39, 0.29) is 11.2 Å². The van der Waals surface area contributed by atoms with E-state index < -0.39 is 0 Å². The number of hydrogen-bond acceptors (Lipinski definition) is 7. The molecule has 136 valence electrons. The average Bonchev–Trinajstić information content (AvgIpc) is 3.04. The summed E-state index contributed by atoms with van der Waals surface area (Å²) in [5.74, 6) is 1.42. The van der Waals surface area contributed by atoms with Crippen LogP contribution in [0.2, 0.25) is 0 Å². The molecular weight excluding hydrogens is 346 g/mol. The first-order valence-corrected chi connectivity index (χ1v) is 9.20. The molecule has 8 heteroatoms. The molecule has 0 spiro atoms. The van der Waals surface area contributed by atoms with Crippen LogP contribution in [0.1, 0.15) is 29.1 Å². The summed E-state index contributed by atoms with van der Waals surface area (Å²) in [7, 11) is 3.76. The Labute approximate surface area is 157 Å². The molecule has 0 radical (unpaired) electrons. The second kappa shape index (κ2) is 7.33. The quantitative estimate of drug-likeness (QED) is 0.691. The van der Waals surface area contributed by atoms with Crippen LogP contribution in [0.25, 0.3) is 5.69 Å². The Morgan fingerprint density at radius 1 is 1.15 bits per heavy atom. The second-order valence-corrected chi connectivity index (χ2v) is 7.61. The number of aryl methyl sites for hydroxylation is 1. The molecule has 0 saturated heterocycles. The predicted octanol–water partition coefficient (Wildman–Crippen LogP) is 3.18. The van der Waals surface area contributed by atoms with Crippen LogP contribution in [-0.2, 0) is 0 Å². The van der Waals surface area contributed by atoms with Gasteiger partial charge in [-0.1, -0.05) is 23.9 Å². The van der Waals surface area contributed by atoms with E-state index in [0.717, 1.165) is 10.8 Å². The van der Waals surface area contributed by atoms with E-state index >= 15 is 0 Å². The maximum atomic E-state index is 5.85. The molecule has 7 nitrogen and oxygen atoms in total. The van der Waals surface area contributed by atoms with Gasteiger partial charge in [0.15, 0.2) is 5.16 Å². The molecular formula is C18H23N7S. The minimum Gasteiger partial charge on any atom is -0.368 e. The van der Waals surface area contributed by atoms with Crippen LogP contribution in [0.4, 0.5) is 11.9 Å². The number of rotatable bonds is 5. The molecule has 0 aliphatic rings. The van der Waals surface area contributed by atoms with E-state index in [1.54, 1.807) is 11.8 Å². The van der Waals surface area contributed by atoms with E-state index in [1.165, 1.54) is 11.1 Å². The molecule has 1 atom stereocenters. The lowest BCUT2D eigenvalue weighted by Crippen LogP contribution is -2.16. The molecule has 0 aliphatic heterocycles. The van der Waals surface area contributed by atoms with Crippen molar-refractivity contribution in [2.45, 2.75) is 31.2 Å². The third kappa shape index (κ3) is 3.65. The van der Waals surface area contributed by atoms with Crippen molar-refractivity contribution < 1.29 is 0 Å². The Hall–Kier alpha value is -2.61. The van der Waals surface area contributed by atoms with Gasteiger partial charge in [-0.25, -0.2) is 4.98 Å². The zero-order valence-electron chi connectivity index (χ0n) is 15.6. The predicted molar refractivity (Wildman–Crippen MR) is 106 cm³/mol. The fraction of sp³-hybridized carbons (Fsp3) is 0.333. The number of anilines is 2. The van der Waals surface area contributed by atoms with Crippen molar-refractivity contribution in [2.75, 3.05) is 24.7 Å². The van der Waals surface area contributed by atoms with Crippen LogP contribution >= 0.6 is 11.8 Å². The molecule has 1 aromatic carbocycles. The first kappa shape index (κ1) is 18.2. The van der Waals surface area contributed by atoms with Crippen LogP contribution in [0.15, 0.2) is 35.7 Å². The second-order valence-electron chi connectivity index (χ2n) is 6.31. The minimum absolute atomic E-state index is 0.0229. The number of nitrogens with two attached hydrogens (primary N) is 1. The summed E-state index contributed by atoms with van der Waals surface area (Å²) in [6, 6.07) is 6.27. The number of thioether (sulfide) groups is 1. The highest BCUT2D eigenvalue weighted by Crippen LogP contribution is 2.34. The van der Waals surface area contributed by atoms with Crippen molar-refractivity contribution in [3.8, 4) is 5.69 Å².